The third-order valence-corrected chi connectivity index (χ3v) is 3.50. The van der Waals surface area contributed by atoms with Gasteiger partial charge in [0.25, 0.3) is 0 Å². The van der Waals surface area contributed by atoms with Crippen LogP contribution in [0.1, 0.15) is 18.4 Å². The first-order chi connectivity index (χ1) is 8.95. The van der Waals surface area contributed by atoms with Crippen molar-refractivity contribution in [3.05, 3.63) is 23.9 Å². The lowest BCUT2D eigenvalue weighted by Crippen LogP contribution is -2.33. The lowest BCUT2D eigenvalue weighted by Gasteiger charge is -2.29. The number of halogens is 3. The maximum atomic E-state index is 12.4. The van der Waals surface area contributed by atoms with Gasteiger partial charge in [-0.3, -0.25) is 0 Å². The fourth-order valence-electron chi connectivity index (χ4n) is 2.18. The van der Waals surface area contributed by atoms with Gasteiger partial charge in [-0.2, -0.15) is 13.2 Å². The molecule has 0 aliphatic carbocycles. The van der Waals surface area contributed by atoms with E-state index in [0.29, 0.717) is 11.7 Å². The first-order valence-corrected chi connectivity index (χ1v) is 6.41. The molecular weight excluding hydrogens is 255 g/mol. The van der Waals surface area contributed by atoms with Gasteiger partial charge in [-0.15, -0.1) is 0 Å². The van der Waals surface area contributed by atoms with Crippen LogP contribution in [0.25, 0.3) is 0 Å². The van der Waals surface area contributed by atoms with Crippen LogP contribution in [0.3, 0.4) is 0 Å². The van der Waals surface area contributed by atoms with E-state index in [1.807, 2.05) is 0 Å². The number of pyridine rings is 1. The van der Waals surface area contributed by atoms with E-state index < -0.39 is 11.7 Å². The van der Waals surface area contributed by atoms with Crippen molar-refractivity contribution in [1.29, 1.82) is 0 Å². The summed E-state index contributed by atoms with van der Waals surface area (Å²) < 4.78 is 37.1. The third-order valence-electron chi connectivity index (χ3n) is 3.50. The minimum Gasteiger partial charge on any atom is -0.370 e. The van der Waals surface area contributed by atoms with Crippen LogP contribution in [0.4, 0.5) is 19.0 Å². The van der Waals surface area contributed by atoms with E-state index in [1.165, 1.54) is 6.07 Å². The summed E-state index contributed by atoms with van der Waals surface area (Å²) in [6.07, 6.45) is -1.22. The number of nitrogens with one attached hydrogen (secondary N) is 1. The van der Waals surface area contributed by atoms with E-state index in [0.717, 1.165) is 44.7 Å². The average Bonchev–Trinajstić information content (AvgIpc) is 2.37. The topological polar surface area (TPSA) is 28.2 Å². The number of hydrogen-bond donors (Lipinski definition) is 1. The molecule has 1 fully saturated rings. The Hall–Kier alpha value is -1.30. The largest absolute Gasteiger partial charge is 0.417 e. The molecule has 1 aromatic heterocycles. The minimum absolute atomic E-state index is 0.506. The Morgan fingerprint density at radius 1 is 1.32 bits per heavy atom. The first kappa shape index (κ1) is 14.1. The van der Waals surface area contributed by atoms with Crippen LogP contribution in [0.15, 0.2) is 18.3 Å². The fraction of sp³-hybridized carbons (Fsp3) is 0.615. The third kappa shape index (κ3) is 4.09. The zero-order chi connectivity index (χ0) is 13.9. The van der Waals surface area contributed by atoms with E-state index in [1.54, 1.807) is 0 Å². The first-order valence-electron chi connectivity index (χ1n) is 6.41. The van der Waals surface area contributed by atoms with Crippen LogP contribution in [-0.2, 0) is 6.18 Å². The molecule has 0 spiro atoms. The molecule has 19 heavy (non-hydrogen) atoms. The van der Waals surface area contributed by atoms with Gasteiger partial charge in [0.1, 0.15) is 5.82 Å². The van der Waals surface area contributed by atoms with Gasteiger partial charge in [-0.1, -0.05) is 0 Å². The van der Waals surface area contributed by atoms with Gasteiger partial charge in [0.2, 0.25) is 0 Å². The van der Waals surface area contributed by atoms with E-state index in [2.05, 4.69) is 22.2 Å². The summed E-state index contributed by atoms with van der Waals surface area (Å²) in [7, 11) is 2.10. The number of anilines is 1. The van der Waals surface area contributed by atoms with Crippen LogP contribution < -0.4 is 5.32 Å². The normalized spacial score (nSPS) is 18.5. The fourth-order valence-corrected chi connectivity index (χ4v) is 2.18. The highest BCUT2D eigenvalue weighted by Crippen LogP contribution is 2.28. The van der Waals surface area contributed by atoms with Crippen LogP contribution in [0.2, 0.25) is 0 Å². The predicted molar refractivity (Wildman–Crippen MR) is 67.9 cm³/mol. The molecule has 106 valence electrons. The molecule has 0 aromatic carbocycles. The number of hydrogen-bond acceptors (Lipinski definition) is 3. The Bertz CT molecular complexity index is 395. The van der Waals surface area contributed by atoms with Crippen LogP contribution >= 0.6 is 0 Å². The number of aromatic nitrogens is 1. The van der Waals surface area contributed by atoms with Gasteiger partial charge < -0.3 is 10.2 Å². The maximum absolute atomic E-state index is 12.4. The Kier molecular flexibility index (Phi) is 4.29. The molecule has 0 unspecified atom stereocenters. The molecule has 1 aromatic rings. The monoisotopic (exact) mass is 273 g/mol. The second kappa shape index (κ2) is 5.77. The van der Waals surface area contributed by atoms with Crippen LogP contribution in [0.5, 0.6) is 0 Å². The highest BCUT2D eigenvalue weighted by molar-refractivity contribution is 5.36. The molecule has 1 saturated heterocycles. The summed E-state index contributed by atoms with van der Waals surface area (Å²) in [6, 6.07) is 2.45. The van der Waals surface area contributed by atoms with Crippen molar-refractivity contribution >= 4 is 5.82 Å². The van der Waals surface area contributed by atoms with Crippen molar-refractivity contribution in [1.82, 2.24) is 9.88 Å². The van der Waals surface area contributed by atoms with Gasteiger partial charge in [0.05, 0.1) is 5.56 Å². The summed E-state index contributed by atoms with van der Waals surface area (Å²) in [5.74, 6) is 1.08. The molecule has 1 aliphatic rings. The minimum atomic E-state index is -4.32. The Morgan fingerprint density at radius 2 is 2.00 bits per heavy atom. The zero-order valence-corrected chi connectivity index (χ0v) is 10.9. The predicted octanol–water partition coefficient (Wildman–Crippen LogP) is 2.85. The Labute approximate surface area is 110 Å². The quantitative estimate of drug-likeness (QED) is 0.918. The van der Waals surface area contributed by atoms with Gasteiger partial charge >= 0.3 is 6.18 Å². The SMILES string of the molecule is CN1CCC(CNc2ccc(C(F)(F)F)cn2)CC1. The highest BCUT2D eigenvalue weighted by atomic mass is 19.4. The van der Waals surface area contributed by atoms with Crippen LogP contribution in [0, 0.1) is 5.92 Å². The molecule has 0 bridgehead atoms. The molecular formula is C13H18F3N3. The van der Waals surface area contributed by atoms with Crippen molar-refractivity contribution < 1.29 is 13.2 Å². The lowest BCUT2D eigenvalue weighted by atomic mass is 9.97. The number of rotatable bonds is 3. The summed E-state index contributed by atoms with van der Waals surface area (Å²) in [5.41, 5.74) is -0.711. The van der Waals surface area contributed by atoms with Crippen molar-refractivity contribution in [3.63, 3.8) is 0 Å². The van der Waals surface area contributed by atoms with Crippen molar-refractivity contribution in [2.45, 2.75) is 19.0 Å². The van der Waals surface area contributed by atoms with Crippen molar-refractivity contribution in [3.8, 4) is 0 Å². The zero-order valence-electron chi connectivity index (χ0n) is 10.9. The second-order valence-electron chi connectivity index (χ2n) is 5.06. The molecule has 1 aliphatic heterocycles. The summed E-state index contributed by atoms with van der Waals surface area (Å²) in [4.78, 5) is 6.09. The standard InChI is InChI=1S/C13H18F3N3/c1-19-6-4-10(5-7-19)8-17-12-3-2-11(9-18-12)13(14,15)16/h2-3,9-10H,4-8H2,1H3,(H,17,18). The van der Waals surface area contributed by atoms with Gasteiger partial charge in [0.15, 0.2) is 0 Å². The molecule has 0 saturated carbocycles. The lowest BCUT2D eigenvalue weighted by molar-refractivity contribution is -0.137. The number of piperidine rings is 1. The number of nitrogens with zero attached hydrogens (tertiary/aromatic N) is 2. The second-order valence-corrected chi connectivity index (χ2v) is 5.06. The maximum Gasteiger partial charge on any atom is 0.417 e. The highest BCUT2D eigenvalue weighted by Gasteiger charge is 2.30. The van der Waals surface area contributed by atoms with E-state index in [-0.39, 0.29) is 0 Å². The van der Waals surface area contributed by atoms with Gasteiger partial charge in [-0.25, -0.2) is 4.98 Å². The molecule has 0 atom stereocenters. The van der Waals surface area contributed by atoms with E-state index in [9.17, 15) is 13.2 Å². The summed E-state index contributed by atoms with van der Waals surface area (Å²) in [5, 5.41) is 3.11. The molecule has 2 heterocycles. The molecule has 1 N–H and O–H groups in total. The number of alkyl halides is 3. The van der Waals surface area contributed by atoms with Crippen molar-refractivity contribution in [2.24, 2.45) is 5.92 Å². The number of likely N-dealkylation sites (tertiary alicyclic amines) is 1. The Balaban J connectivity index is 1.83. The van der Waals surface area contributed by atoms with E-state index in [4.69, 9.17) is 0 Å². The Morgan fingerprint density at radius 3 is 2.53 bits per heavy atom. The van der Waals surface area contributed by atoms with Gasteiger partial charge in [0, 0.05) is 12.7 Å². The van der Waals surface area contributed by atoms with E-state index >= 15 is 0 Å². The molecule has 0 amide bonds. The van der Waals surface area contributed by atoms with Crippen LogP contribution in [-0.4, -0.2) is 36.6 Å². The molecule has 3 nitrogen and oxygen atoms in total. The smallest absolute Gasteiger partial charge is 0.370 e. The summed E-state index contributed by atoms with van der Waals surface area (Å²) >= 11 is 0. The van der Waals surface area contributed by atoms with Gasteiger partial charge in [-0.05, 0) is 51.0 Å². The summed E-state index contributed by atoms with van der Waals surface area (Å²) in [6.45, 7) is 2.92. The molecule has 0 radical (unpaired) electrons. The van der Waals surface area contributed by atoms with Crippen molar-refractivity contribution in [2.75, 3.05) is 32.0 Å². The molecule has 2 rings (SSSR count). The molecule has 6 heteroatoms. The average molecular weight is 273 g/mol.